The van der Waals surface area contributed by atoms with Gasteiger partial charge >= 0.3 is 0 Å². The van der Waals surface area contributed by atoms with Crippen molar-refractivity contribution in [1.29, 1.82) is 0 Å². The summed E-state index contributed by atoms with van der Waals surface area (Å²) in [6.07, 6.45) is 0. The first kappa shape index (κ1) is 19.9. The van der Waals surface area contributed by atoms with Crippen LogP contribution in [-0.2, 0) is 10.0 Å². The standard InChI is InChI=1S/C18H19Cl2N3O3S/c1-22-8-10-23(11-9-22)18(24)13-6-7-15(20)17(12-13)27(25,26)21-16-5-3-2-4-14(16)19/h2-7,12,21H,8-11H2,1H3. The summed E-state index contributed by atoms with van der Waals surface area (Å²) >= 11 is 12.1. The lowest BCUT2D eigenvalue weighted by Crippen LogP contribution is -2.47. The molecule has 2 aromatic carbocycles. The van der Waals surface area contributed by atoms with Crippen LogP contribution in [0.5, 0.6) is 0 Å². The fourth-order valence-corrected chi connectivity index (χ4v) is 4.62. The van der Waals surface area contributed by atoms with Crippen molar-refractivity contribution in [3.63, 3.8) is 0 Å². The minimum atomic E-state index is -4.01. The van der Waals surface area contributed by atoms with Gasteiger partial charge in [0, 0.05) is 31.7 Å². The van der Waals surface area contributed by atoms with E-state index in [0.717, 1.165) is 13.1 Å². The highest BCUT2D eigenvalue weighted by atomic mass is 35.5. The van der Waals surface area contributed by atoms with Gasteiger partial charge < -0.3 is 9.80 Å². The van der Waals surface area contributed by atoms with E-state index in [9.17, 15) is 13.2 Å². The second kappa shape index (κ2) is 8.06. The molecule has 1 aliphatic heterocycles. The summed E-state index contributed by atoms with van der Waals surface area (Å²) in [5, 5.41) is 0.298. The zero-order valence-electron chi connectivity index (χ0n) is 14.7. The van der Waals surface area contributed by atoms with Gasteiger partial charge in [0.2, 0.25) is 0 Å². The summed E-state index contributed by atoms with van der Waals surface area (Å²) in [6.45, 7) is 2.74. The first-order chi connectivity index (χ1) is 12.8. The predicted molar refractivity (Wildman–Crippen MR) is 107 cm³/mol. The highest BCUT2D eigenvalue weighted by Gasteiger charge is 2.24. The van der Waals surface area contributed by atoms with Crippen molar-refractivity contribution in [1.82, 2.24) is 9.80 Å². The number of hydrogen-bond acceptors (Lipinski definition) is 4. The number of likely N-dealkylation sites (N-methyl/N-ethyl adjacent to an activating group) is 1. The third-order valence-electron chi connectivity index (χ3n) is 4.38. The maximum Gasteiger partial charge on any atom is 0.263 e. The topological polar surface area (TPSA) is 69.7 Å². The second-order valence-electron chi connectivity index (χ2n) is 6.33. The zero-order valence-corrected chi connectivity index (χ0v) is 17.0. The molecule has 0 spiro atoms. The molecule has 0 radical (unpaired) electrons. The molecule has 1 fully saturated rings. The summed E-state index contributed by atoms with van der Waals surface area (Å²) in [4.78, 5) is 16.4. The van der Waals surface area contributed by atoms with E-state index in [-0.39, 0.29) is 32.1 Å². The summed E-state index contributed by atoms with van der Waals surface area (Å²) in [5.41, 5.74) is 0.523. The van der Waals surface area contributed by atoms with Gasteiger partial charge in [-0.2, -0.15) is 0 Å². The summed E-state index contributed by atoms with van der Waals surface area (Å²) in [5.74, 6) is -0.214. The van der Waals surface area contributed by atoms with Gasteiger partial charge in [-0.3, -0.25) is 9.52 Å². The van der Waals surface area contributed by atoms with Gasteiger partial charge in [0.05, 0.1) is 15.7 Å². The predicted octanol–water partition coefficient (Wildman–Crippen LogP) is 3.18. The number of sulfonamides is 1. The van der Waals surface area contributed by atoms with Crippen LogP contribution in [0.3, 0.4) is 0 Å². The van der Waals surface area contributed by atoms with E-state index in [1.54, 1.807) is 29.2 Å². The van der Waals surface area contributed by atoms with Crippen molar-refractivity contribution >= 4 is 44.8 Å². The number of piperazine rings is 1. The number of halogens is 2. The van der Waals surface area contributed by atoms with Crippen molar-refractivity contribution in [2.75, 3.05) is 37.9 Å². The number of rotatable bonds is 4. The smallest absolute Gasteiger partial charge is 0.263 e. The zero-order chi connectivity index (χ0) is 19.6. The quantitative estimate of drug-likeness (QED) is 0.812. The lowest BCUT2D eigenvalue weighted by molar-refractivity contribution is 0.0664. The molecule has 0 unspecified atom stereocenters. The molecule has 0 saturated carbocycles. The molecule has 0 aliphatic carbocycles. The first-order valence-corrected chi connectivity index (χ1v) is 10.6. The fraction of sp³-hybridized carbons (Fsp3) is 0.278. The van der Waals surface area contributed by atoms with Gasteiger partial charge in [-0.05, 0) is 37.4 Å². The molecule has 0 bridgehead atoms. The van der Waals surface area contributed by atoms with Crippen LogP contribution in [0.4, 0.5) is 5.69 Å². The van der Waals surface area contributed by atoms with E-state index in [2.05, 4.69) is 9.62 Å². The third kappa shape index (κ3) is 4.55. The summed E-state index contributed by atoms with van der Waals surface area (Å²) in [7, 11) is -2.01. The van der Waals surface area contributed by atoms with Crippen LogP contribution in [0.25, 0.3) is 0 Å². The normalized spacial score (nSPS) is 15.6. The van der Waals surface area contributed by atoms with E-state index in [1.165, 1.54) is 18.2 Å². The molecular weight excluding hydrogens is 409 g/mol. The number of benzene rings is 2. The highest BCUT2D eigenvalue weighted by molar-refractivity contribution is 7.92. The van der Waals surface area contributed by atoms with Gasteiger partial charge in [-0.15, -0.1) is 0 Å². The van der Waals surface area contributed by atoms with E-state index in [1.807, 2.05) is 7.05 Å². The van der Waals surface area contributed by atoms with Gasteiger partial charge in [0.15, 0.2) is 0 Å². The van der Waals surface area contributed by atoms with Crippen molar-refractivity contribution in [2.24, 2.45) is 0 Å². The monoisotopic (exact) mass is 427 g/mol. The number of amides is 1. The maximum atomic E-state index is 12.8. The lowest BCUT2D eigenvalue weighted by atomic mass is 10.2. The summed E-state index contributed by atoms with van der Waals surface area (Å²) in [6, 6.07) is 10.8. The number of nitrogens with zero attached hydrogens (tertiary/aromatic N) is 2. The number of para-hydroxylation sites is 1. The molecular formula is C18H19Cl2N3O3S. The summed E-state index contributed by atoms with van der Waals surface area (Å²) < 4.78 is 28.0. The van der Waals surface area contributed by atoms with Crippen LogP contribution in [0.1, 0.15) is 10.4 Å². The molecule has 1 aliphatic rings. The van der Waals surface area contributed by atoms with Crippen LogP contribution in [0, 0.1) is 0 Å². The Kier molecular flexibility index (Phi) is 5.95. The van der Waals surface area contributed by atoms with Gasteiger partial charge in [0.1, 0.15) is 4.90 Å². The highest BCUT2D eigenvalue weighted by Crippen LogP contribution is 2.28. The van der Waals surface area contributed by atoms with Gasteiger partial charge in [0.25, 0.3) is 15.9 Å². The van der Waals surface area contributed by atoms with Crippen LogP contribution in [0.15, 0.2) is 47.4 Å². The Morgan fingerprint density at radius 3 is 2.33 bits per heavy atom. The molecule has 144 valence electrons. The Labute approximate surface area is 168 Å². The Balaban J connectivity index is 1.88. The number of nitrogens with one attached hydrogen (secondary N) is 1. The number of hydrogen-bond donors (Lipinski definition) is 1. The Morgan fingerprint density at radius 2 is 1.67 bits per heavy atom. The Morgan fingerprint density at radius 1 is 1.00 bits per heavy atom. The molecule has 1 N–H and O–H groups in total. The number of carbonyl (C=O) groups excluding carboxylic acids is 1. The first-order valence-electron chi connectivity index (χ1n) is 8.32. The molecule has 1 amide bonds. The molecule has 9 heteroatoms. The van der Waals surface area contributed by atoms with Crippen molar-refractivity contribution in [3.8, 4) is 0 Å². The van der Waals surface area contributed by atoms with Gasteiger partial charge in [-0.1, -0.05) is 35.3 Å². The van der Waals surface area contributed by atoms with Crippen molar-refractivity contribution < 1.29 is 13.2 Å². The molecule has 3 rings (SSSR count). The van der Waals surface area contributed by atoms with E-state index in [0.29, 0.717) is 13.1 Å². The second-order valence-corrected chi connectivity index (χ2v) is 8.79. The van der Waals surface area contributed by atoms with E-state index < -0.39 is 10.0 Å². The molecule has 1 saturated heterocycles. The average molecular weight is 428 g/mol. The maximum absolute atomic E-state index is 12.8. The minimum absolute atomic E-state index is 0.0319. The molecule has 0 atom stereocenters. The van der Waals surface area contributed by atoms with Crippen LogP contribution < -0.4 is 4.72 Å². The molecule has 2 aromatic rings. The largest absolute Gasteiger partial charge is 0.336 e. The van der Waals surface area contributed by atoms with Crippen LogP contribution in [0.2, 0.25) is 10.0 Å². The SMILES string of the molecule is CN1CCN(C(=O)c2ccc(Cl)c(S(=O)(=O)Nc3ccccc3Cl)c2)CC1. The van der Waals surface area contributed by atoms with E-state index in [4.69, 9.17) is 23.2 Å². The van der Waals surface area contributed by atoms with Crippen LogP contribution >= 0.6 is 23.2 Å². The Bertz CT molecular complexity index is 958. The number of carbonyl (C=O) groups is 1. The fourth-order valence-electron chi connectivity index (χ4n) is 2.78. The lowest BCUT2D eigenvalue weighted by Gasteiger charge is -2.32. The van der Waals surface area contributed by atoms with Crippen molar-refractivity contribution in [2.45, 2.75) is 4.90 Å². The number of anilines is 1. The molecule has 1 heterocycles. The molecule has 0 aromatic heterocycles. The average Bonchev–Trinajstić information content (AvgIpc) is 2.64. The van der Waals surface area contributed by atoms with Crippen molar-refractivity contribution in [3.05, 3.63) is 58.1 Å². The van der Waals surface area contributed by atoms with Crippen LogP contribution in [-0.4, -0.2) is 57.4 Å². The third-order valence-corrected chi connectivity index (χ3v) is 6.55. The Hall–Kier alpha value is -1.80. The van der Waals surface area contributed by atoms with Gasteiger partial charge in [-0.25, -0.2) is 8.42 Å². The van der Waals surface area contributed by atoms with E-state index >= 15 is 0 Å². The minimum Gasteiger partial charge on any atom is -0.336 e. The molecule has 6 nitrogen and oxygen atoms in total. The molecule has 27 heavy (non-hydrogen) atoms.